The van der Waals surface area contributed by atoms with Gasteiger partial charge in [0.2, 0.25) is 0 Å². The molecule has 0 aliphatic rings. The van der Waals surface area contributed by atoms with Crippen LogP contribution in [-0.2, 0) is 6.42 Å². The molecule has 0 saturated carbocycles. The molecule has 2 rings (SSSR count). The second-order valence-corrected chi connectivity index (χ2v) is 5.39. The number of aromatic nitrogens is 1. The van der Waals surface area contributed by atoms with Gasteiger partial charge < -0.3 is 9.84 Å². The molecule has 1 N–H and O–H groups in total. The van der Waals surface area contributed by atoms with Gasteiger partial charge in [-0.25, -0.2) is 4.98 Å². The van der Waals surface area contributed by atoms with Crippen LogP contribution in [0.15, 0.2) is 23.6 Å². The normalized spacial score (nSPS) is 12.4. The van der Waals surface area contributed by atoms with Gasteiger partial charge in [0, 0.05) is 17.4 Å². The molecule has 0 fully saturated rings. The summed E-state index contributed by atoms with van der Waals surface area (Å²) in [5.41, 5.74) is 2.86. The van der Waals surface area contributed by atoms with Gasteiger partial charge >= 0.3 is 0 Å². The highest BCUT2D eigenvalue weighted by Crippen LogP contribution is 2.28. The van der Waals surface area contributed by atoms with E-state index in [-0.39, 0.29) is 0 Å². The lowest BCUT2D eigenvalue weighted by Crippen LogP contribution is -2.05. The number of hydrogen-bond donors (Lipinski definition) is 1. The Balaban J connectivity index is 2.22. The fraction of sp³-hybridized carbons (Fsp3) is 0.357. The molecule has 0 saturated heterocycles. The van der Waals surface area contributed by atoms with Crippen LogP contribution in [0.25, 0.3) is 0 Å². The Morgan fingerprint density at radius 1 is 1.39 bits per heavy atom. The molecule has 0 bridgehead atoms. The molecule has 4 heteroatoms. The molecule has 96 valence electrons. The highest BCUT2D eigenvalue weighted by molar-refractivity contribution is 7.09. The average Bonchev–Trinajstić information content (AvgIpc) is 2.74. The third-order valence-corrected chi connectivity index (χ3v) is 3.64. The molecule has 1 aromatic carbocycles. The van der Waals surface area contributed by atoms with E-state index in [2.05, 4.69) is 4.98 Å². The smallest absolute Gasteiger partial charge is 0.124 e. The summed E-state index contributed by atoms with van der Waals surface area (Å²) in [4.78, 5) is 4.37. The minimum Gasteiger partial charge on any atom is -0.496 e. The van der Waals surface area contributed by atoms with Crippen molar-refractivity contribution in [3.05, 3.63) is 45.4 Å². The SMILES string of the molecule is COc1ccc(C)cc1C(O)Cc1csc(C)n1. The molecule has 0 amide bonds. The van der Waals surface area contributed by atoms with Crippen LogP contribution in [0.2, 0.25) is 0 Å². The maximum Gasteiger partial charge on any atom is 0.124 e. The van der Waals surface area contributed by atoms with Gasteiger partial charge in [0.15, 0.2) is 0 Å². The van der Waals surface area contributed by atoms with Crippen molar-refractivity contribution in [3.8, 4) is 5.75 Å². The lowest BCUT2D eigenvalue weighted by molar-refractivity contribution is 0.173. The summed E-state index contributed by atoms with van der Waals surface area (Å²) in [5.74, 6) is 0.722. The lowest BCUT2D eigenvalue weighted by atomic mass is 10.0. The van der Waals surface area contributed by atoms with Crippen molar-refractivity contribution < 1.29 is 9.84 Å². The Bertz CT molecular complexity index is 536. The Morgan fingerprint density at radius 3 is 2.78 bits per heavy atom. The molecule has 3 nitrogen and oxygen atoms in total. The average molecular weight is 263 g/mol. The van der Waals surface area contributed by atoms with E-state index in [1.165, 1.54) is 0 Å². The van der Waals surface area contributed by atoms with Crippen molar-refractivity contribution in [1.82, 2.24) is 4.98 Å². The molecule has 1 aromatic heterocycles. The number of aliphatic hydroxyl groups is 1. The molecular weight excluding hydrogens is 246 g/mol. The second kappa shape index (κ2) is 5.50. The van der Waals surface area contributed by atoms with Crippen LogP contribution >= 0.6 is 11.3 Å². The van der Waals surface area contributed by atoms with Crippen LogP contribution in [0.5, 0.6) is 5.75 Å². The van der Waals surface area contributed by atoms with Gasteiger partial charge in [-0.15, -0.1) is 11.3 Å². The summed E-state index contributed by atoms with van der Waals surface area (Å²) in [7, 11) is 1.62. The van der Waals surface area contributed by atoms with Crippen molar-refractivity contribution in [1.29, 1.82) is 0 Å². The van der Waals surface area contributed by atoms with Gasteiger partial charge in [-0.3, -0.25) is 0 Å². The van der Waals surface area contributed by atoms with E-state index in [9.17, 15) is 5.11 Å². The van der Waals surface area contributed by atoms with E-state index in [4.69, 9.17) is 4.74 Å². The van der Waals surface area contributed by atoms with E-state index in [0.717, 1.165) is 27.6 Å². The zero-order valence-electron chi connectivity index (χ0n) is 10.8. The minimum atomic E-state index is -0.582. The predicted molar refractivity (Wildman–Crippen MR) is 73.2 cm³/mol. The quantitative estimate of drug-likeness (QED) is 0.922. The number of hydrogen-bond acceptors (Lipinski definition) is 4. The summed E-state index contributed by atoms with van der Waals surface area (Å²) < 4.78 is 5.29. The van der Waals surface area contributed by atoms with Crippen LogP contribution in [0.3, 0.4) is 0 Å². The van der Waals surface area contributed by atoms with E-state index in [1.54, 1.807) is 18.4 Å². The maximum atomic E-state index is 10.3. The zero-order valence-corrected chi connectivity index (χ0v) is 11.6. The van der Waals surface area contributed by atoms with Crippen molar-refractivity contribution in [3.63, 3.8) is 0 Å². The highest BCUT2D eigenvalue weighted by Gasteiger charge is 2.15. The molecule has 0 radical (unpaired) electrons. The number of thiazole rings is 1. The predicted octanol–water partition coefficient (Wildman–Crippen LogP) is 3.04. The highest BCUT2D eigenvalue weighted by atomic mass is 32.1. The molecule has 0 aliphatic carbocycles. The first-order valence-electron chi connectivity index (χ1n) is 5.83. The first-order valence-corrected chi connectivity index (χ1v) is 6.71. The van der Waals surface area contributed by atoms with Crippen LogP contribution < -0.4 is 4.74 Å². The minimum absolute atomic E-state index is 0.518. The van der Waals surface area contributed by atoms with E-state index >= 15 is 0 Å². The van der Waals surface area contributed by atoms with Gasteiger partial charge in [0.25, 0.3) is 0 Å². The standard InChI is InChI=1S/C14H17NO2S/c1-9-4-5-14(17-3)12(6-9)13(16)7-11-8-18-10(2)15-11/h4-6,8,13,16H,7H2,1-3H3. The van der Waals surface area contributed by atoms with E-state index in [1.807, 2.05) is 37.4 Å². The van der Waals surface area contributed by atoms with Crippen LogP contribution in [-0.4, -0.2) is 17.2 Å². The number of ether oxygens (including phenoxy) is 1. The molecule has 2 aromatic rings. The maximum absolute atomic E-state index is 10.3. The third-order valence-electron chi connectivity index (χ3n) is 2.81. The molecule has 1 heterocycles. The van der Waals surface area contributed by atoms with Gasteiger partial charge in [-0.05, 0) is 26.0 Å². The first kappa shape index (κ1) is 13.1. The second-order valence-electron chi connectivity index (χ2n) is 4.32. The Morgan fingerprint density at radius 2 is 2.17 bits per heavy atom. The van der Waals surface area contributed by atoms with E-state index < -0.39 is 6.10 Å². The molecule has 1 atom stereocenters. The summed E-state index contributed by atoms with van der Waals surface area (Å²) in [5, 5.41) is 13.3. The van der Waals surface area contributed by atoms with Gasteiger partial charge in [0.1, 0.15) is 5.75 Å². The summed E-state index contributed by atoms with van der Waals surface area (Å²) in [6.07, 6.45) is -0.0641. The van der Waals surface area contributed by atoms with E-state index in [0.29, 0.717) is 6.42 Å². The largest absolute Gasteiger partial charge is 0.496 e. The molecule has 18 heavy (non-hydrogen) atoms. The summed E-state index contributed by atoms with van der Waals surface area (Å²) in [6.45, 7) is 3.97. The third kappa shape index (κ3) is 2.89. The topological polar surface area (TPSA) is 42.4 Å². The van der Waals surface area contributed by atoms with Gasteiger partial charge in [0.05, 0.1) is 23.9 Å². The lowest BCUT2D eigenvalue weighted by Gasteiger charge is -2.14. The summed E-state index contributed by atoms with van der Waals surface area (Å²) in [6, 6.07) is 5.82. The van der Waals surface area contributed by atoms with Crippen molar-refractivity contribution in [2.75, 3.05) is 7.11 Å². The summed E-state index contributed by atoms with van der Waals surface area (Å²) >= 11 is 1.60. The first-order chi connectivity index (χ1) is 8.60. The number of nitrogens with zero attached hydrogens (tertiary/aromatic N) is 1. The van der Waals surface area contributed by atoms with Gasteiger partial charge in [-0.1, -0.05) is 11.6 Å². The number of aliphatic hydroxyl groups excluding tert-OH is 1. The Hall–Kier alpha value is -1.39. The fourth-order valence-corrected chi connectivity index (χ4v) is 2.55. The van der Waals surface area contributed by atoms with Crippen molar-refractivity contribution in [2.24, 2.45) is 0 Å². The molecular formula is C14H17NO2S. The van der Waals surface area contributed by atoms with Crippen LogP contribution in [0.1, 0.15) is 27.9 Å². The van der Waals surface area contributed by atoms with Crippen molar-refractivity contribution >= 4 is 11.3 Å². The number of benzene rings is 1. The number of rotatable bonds is 4. The monoisotopic (exact) mass is 263 g/mol. The number of methoxy groups -OCH3 is 1. The van der Waals surface area contributed by atoms with Crippen molar-refractivity contribution in [2.45, 2.75) is 26.4 Å². The number of aryl methyl sites for hydroxylation is 2. The van der Waals surface area contributed by atoms with Gasteiger partial charge in [-0.2, -0.15) is 0 Å². The van der Waals surface area contributed by atoms with Crippen LogP contribution in [0.4, 0.5) is 0 Å². The Labute approximate surface area is 111 Å². The molecule has 1 unspecified atom stereocenters. The molecule has 0 aliphatic heterocycles. The fourth-order valence-electron chi connectivity index (χ4n) is 1.92. The van der Waals surface area contributed by atoms with Crippen LogP contribution in [0, 0.1) is 13.8 Å². The molecule has 0 spiro atoms. The Kier molecular flexibility index (Phi) is 3.99. The zero-order chi connectivity index (χ0) is 13.1.